The van der Waals surface area contributed by atoms with Crippen molar-refractivity contribution in [1.29, 1.82) is 0 Å². The van der Waals surface area contributed by atoms with E-state index in [1.54, 1.807) is 0 Å². The molecule has 0 saturated carbocycles. The Hall–Kier alpha value is -0.0800. The molecule has 2 heteroatoms. The number of hydrogen-bond acceptors (Lipinski definition) is 2. The van der Waals surface area contributed by atoms with E-state index in [-0.39, 0.29) is 0 Å². The fourth-order valence-electron chi connectivity index (χ4n) is 5.38. The summed E-state index contributed by atoms with van der Waals surface area (Å²) in [5.74, 6) is 0.932. The predicted molar refractivity (Wildman–Crippen MR) is 120 cm³/mol. The first kappa shape index (κ1) is 23.2. The van der Waals surface area contributed by atoms with E-state index in [1.807, 2.05) is 0 Å². The van der Waals surface area contributed by atoms with Gasteiger partial charge in [0.15, 0.2) is 0 Å². The van der Waals surface area contributed by atoms with Gasteiger partial charge in [0.25, 0.3) is 0 Å². The standard InChI is InChI=1S/C25H50N2/c1-24(2,3)14-11-20-27-18-10-13-23(22-27)21-25(4,5)15-12-19-26-16-8-6-7-9-17-26/h23H,6-22H2,1-5H3. The molecule has 0 aliphatic carbocycles. The first-order chi connectivity index (χ1) is 12.7. The summed E-state index contributed by atoms with van der Waals surface area (Å²) in [6, 6.07) is 0. The van der Waals surface area contributed by atoms with Gasteiger partial charge in [0.2, 0.25) is 0 Å². The molecule has 160 valence electrons. The molecular formula is C25H50N2. The van der Waals surface area contributed by atoms with Crippen molar-refractivity contribution in [1.82, 2.24) is 9.80 Å². The molecule has 2 rings (SSSR count). The van der Waals surface area contributed by atoms with Crippen LogP contribution in [0.15, 0.2) is 0 Å². The second-order valence-electron chi connectivity index (χ2n) is 11.7. The highest BCUT2D eigenvalue weighted by Gasteiger charge is 2.27. The third-order valence-electron chi connectivity index (χ3n) is 6.87. The van der Waals surface area contributed by atoms with Crippen molar-refractivity contribution in [3.63, 3.8) is 0 Å². The van der Waals surface area contributed by atoms with Crippen LogP contribution in [0, 0.1) is 16.7 Å². The zero-order chi connectivity index (χ0) is 19.8. The van der Waals surface area contributed by atoms with E-state index in [4.69, 9.17) is 0 Å². The van der Waals surface area contributed by atoms with E-state index in [2.05, 4.69) is 44.4 Å². The van der Waals surface area contributed by atoms with Crippen molar-refractivity contribution in [2.75, 3.05) is 39.3 Å². The van der Waals surface area contributed by atoms with E-state index in [0.29, 0.717) is 10.8 Å². The molecule has 1 unspecified atom stereocenters. The molecule has 0 N–H and O–H groups in total. The number of nitrogens with zero attached hydrogens (tertiary/aromatic N) is 2. The lowest BCUT2D eigenvalue weighted by Crippen LogP contribution is -2.38. The molecule has 1 atom stereocenters. The largest absolute Gasteiger partial charge is 0.303 e. The lowest BCUT2D eigenvalue weighted by atomic mass is 9.76. The van der Waals surface area contributed by atoms with Crippen molar-refractivity contribution >= 4 is 0 Å². The highest BCUT2D eigenvalue weighted by molar-refractivity contribution is 4.80. The van der Waals surface area contributed by atoms with Gasteiger partial charge >= 0.3 is 0 Å². The summed E-state index contributed by atoms with van der Waals surface area (Å²) in [5, 5.41) is 0. The monoisotopic (exact) mass is 378 g/mol. The van der Waals surface area contributed by atoms with Crippen LogP contribution in [0.5, 0.6) is 0 Å². The first-order valence-electron chi connectivity index (χ1n) is 12.2. The Morgan fingerprint density at radius 3 is 1.96 bits per heavy atom. The van der Waals surface area contributed by atoms with Crippen molar-refractivity contribution in [3.05, 3.63) is 0 Å². The third kappa shape index (κ3) is 10.3. The summed E-state index contributed by atoms with van der Waals surface area (Å²) in [7, 11) is 0. The second-order valence-corrected chi connectivity index (χ2v) is 11.7. The Morgan fingerprint density at radius 1 is 0.704 bits per heavy atom. The summed E-state index contributed by atoms with van der Waals surface area (Å²) in [4.78, 5) is 5.51. The minimum absolute atomic E-state index is 0.491. The normalized spacial score (nSPS) is 24.1. The van der Waals surface area contributed by atoms with Gasteiger partial charge in [-0.3, -0.25) is 0 Å². The maximum Gasteiger partial charge on any atom is 0.000986 e. The molecule has 0 aromatic rings. The Bertz CT molecular complexity index is 388. The van der Waals surface area contributed by atoms with Crippen LogP contribution in [0.1, 0.15) is 105 Å². The van der Waals surface area contributed by atoms with Gasteiger partial charge in [-0.15, -0.1) is 0 Å². The molecule has 0 spiro atoms. The van der Waals surface area contributed by atoms with E-state index in [1.165, 1.54) is 110 Å². The van der Waals surface area contributed by atoms with E-state index in [9.17, 15) is 0 Å². The summed E-state index contributed by atoms with van der Waals surface area (Å²) >= 11 is 0. The average molecular weight is 379 g/mol. The van der Waals surface area contributed by atoms with Crippen LogP contribution >= 0.6 is 0 Å². The van der Waals surface area contributed by atoms with Gasteiger partial charge in [-0.05, 0) is 107 Å². The van der Waals surface area contributed by atoms with Crippen molar-refractivity contribution < 1.29 is 0 Å². The van der Waals surface area contributed by atoms with Gasteiger partial charge in [-0.25, -0.2) is 0 Å². The van der Waals surface area contributed by atoms with Crippen molar-refractivity contribution in [2.24, 2.45) is 16.7 Å². The molecule has 2 aliphatic rings. The van der Waals surface area contributed by atoms with Gasteiger partial charge in [0.05, 0.1) is 0 Å². The molecule has 0 bridgehead atoms. The van der Waals surface area contributed by atoms with Gasteiger partial charge in [0, 0.05) is 6.54 Å². The molecule has 2 heterocycles. The quantitative estimate of drug-likeness (QED) is 0.446. The molecule has 0 radical (unpaired) electrons. The zero-order valence-corrected chi connectivity index (χ0v) is 19.5. The summed E-state index contributed by atoms with van der Waals surface area (Å²) < 4.78 is 0. The summed E-state index contributed by atoms with van der Waals surface area (Å²) in [6.45, 7) is 20.3. The molecule has 27 heavy (non-hydrogen) atoms. The fraction of sp³-hybridized carbons (Fsp3) is 1.00. The number of rotatable bonds is 9. The highest BCUT2D eigenvalue weighted by Crippen LogP contribution is 2.34. The Kier molecular flexibility index (Phi) is 9.62. The number of piperidine rings is 1. The average Bonchev–Trinajstić information content (AvgIpc) is 2.82. The smallest absolute Gasteiger partial charge is 0.000986 e. The predicted octanol–water partition coefficient (Wildman–Crippen LogP) is 6.60. The topological polar surface area (TPSA) is 6.48 Å². The molecule has 2 aliphatic heterocycles. The summed E-state index contributed by atoms with van der Waals surface area (Å²) in [5.41, 5.74) is 1.01. The SMILES string of the molecule is CC(C)(C)CCCN1CCCC(CC(C)(C)CCCN2CCCCCC2)C1. The zero-order valence-electron chi connectivity index (χ0n) is 19.5. The van der Waals surface area contributed by atoms with Crippen LogP contribution < -0.4 is 0 Å². The number of hydrogen-bond donors (Lipinski definition) is 0. The molecule has 2 fully saturated rings. The summed E-state index contributed by atoms with van der Waals surface area (Å²) in [6.07, 6.45) is 15.6. The van der Waals surface area contributed by atoms with Crippen LogP contribution in [0.2, 0.25) is 0 Å². The van der Waals surface area contributed by atoms with Crippen LogP contribution in [-0.2, 0) is 0 Å². The van der Waals surface area contributed by atoms with E-state index in [0.717, 1.165) is 5.92 Å². The molecule has 2 saturated heterocycles. The first-order valence-corrected chi connectivity index (χ1v) is 12.2. The second kappa shape index (κ2) is 11.2. The lowest BCUT2D eigenvalue weighted by Gasteiger charge is -2.37. The van der Waals surface area contributed by atoms with Crippen LogP contribution in [-0.4, -0.2) is 49.1 Å². The van der Waals surface area contributed by atoms with Crippen molar-refractivity contribution in [2.45, 2.75) is 105 Å². The van der Waals surface area contributed by atoms with Gasteiger partial charge in [-0.1, -0.05) is 47.5 Å². The van der Waals surface area contributed by atoms with Crippen molar-refractivity contribution in [3.8, 4) is 0 Å². The molecular weight excluding hydrogens is 328 g/mol. The molecule has 0 amide bonds. The van der Waals surface area contributed by atoms with Gasteiger partial charge < -0.3 is 9.80 Å². The Labute approximate surface area is 171 Å². The van der Waals surface area contributed by atoms with Crippen LogP contribution in [0.4, 0.5) is 0 Å². The minimum Gasteiger partial charge on any atom is -0.303 e. The minimum atomic E-state index is 0.491. The molecule has 2 nitrogen and oxygen atoms in total. The van der Waals surface area contributed by atoms with Gasteiger partial charge in [-0.2, -0.15) is 0 Å². The lowest BCUT2D eigenvalue weighted by molar-refractivity contribution is 0.123. The molecule has 0 aromatic carbocycles. The van der Waals surface area contributed by atoms with E-state index >= 15 is 0 Å². The maximum atomic E-state index is 2.77. The fourth-order valence-corrected chi connectivity index (χ4v) is 5.38. The van der Waals surface area contributed by atoms with Crippen LogP contribution in [0.3, 0.4) is 0 Å². The Morgan fingerprint density at radius 2 is 1.30 bits per heavy atom. The third-order valence-corrected chi connectivity index (χ3v) is 6.87. The van der Waals surface area contributed by atoms with Crippen LogP contribution in [0.25, 0.3) is 0 Å². The number of likely N-dealkylation sites (tertiary alicyclic amines) is 2. The van der Waals surface area contributed by atoms with Gasteiger partial charge in [0.1, 0.15) is 0 Å². The van der Waals surface area contributed by atoms with E-state index < -0.39 is 0 Å². The maximum absolute atomic E-state index is 2.77. The molecule has 0 aromatic heterocycles. The Balaban J connectivity index is 1.65. The highest BCUT2D eigenvalue weighted by atomic mass is 15.1.